The largest absolute Gasteiger partial charge is 0.299 e. The van der Waals surface area contributed by atoms with Crippen LogP contribution in [0.4, 0.5) is 0 Å². The molecule has 0 bridgehead atoms. The summed E-state index contributed by atoms with van der Waals surface area (Å²) >= 11 is 12.1. The fraction of sp³-hybridized carbons (Fsp3) is 0. The van der Waals surface area contributed by atoms with Gasteiger partial charge < -0.3 is 0 Å². The van der Waals surface area contributed by atoms with E-state index in [1.165, 1.54) is 0 Å². The van der Waals surface area contributed by atoms with Crippen LogP contribution in [0.2, 0.25) is 10.0 Å². The third-order valence-corrected chi connectivity index (χ3v) is 3.15. The summed E-state index contributed by atoms with van der Waals surface area (Å²) < 4.78 is 1.80. The fourth-order valence-corrected chi connectivity index (χ4v) is 2.29. The minimum atomic E-state index is 0.369. The number of halogens is 2. The molecule has 3 rings (SSSR count). The van der Waals surface area contributed by atoms with Gasteiger partial charge in [0.2, 0.25) is 0 Å². The number of carbonyl (C=O) groups excluding carboxylic acids is 1. The van der Waals surface area contributed by atoms with Gasteiger partial charge in [0, 0.05) is 22.7 Å². The van der Waals surface area contributed by atoms with Crippen LogP contribution in [0.15, 0.2) is 30.5 Å². The Balaban J connectivity index is 2.55. The Labute approximate surface area is 107 Å². The molecule has 0 spiro atoms. The molecule has 0 aliphatic carbocycles. The van der Waals surface area contributed by atoms with Crippen LogP contribution in [0.25, 0.3) is 16.6 Å². The minimum Gasteiger partial charge on any atom is -0.299 e. The Kier molecular flexibility index (Phi) is 2.31. The summed E-state index contributed by atoms with van der Waals surface area (Å²) in [7, 11) is 0. The second-order valence-electron chi connectivity index (χ2n) is 3.67. The van der Waals surface area contributed by atoms with Gasteiger partial charge in [-0.15, -0.1) is 0 Å². The van der Waals surface area contributed by atoms with Crippen LogP contribution in [0, 0.1) is 0 Å². The van der Waals surface area contributed by atoms with Gasteiger partial charge in [-0.2, -0.15) is 0 Å². The maximum absolute atomic E-state index is 10.7. The second kappa shape index (κ2) is 3.72. The number of nitrogens with zero attached hydrogens (tertiary/aromatic N) is 2. The van der Waals surface area contributed by atoms with E-state index in [0.29, 0.717) is 27.7 Å². The number of pyridine rings is 1. The number of aldehydes is 1. The van der Waals surface area contributed by atoms with E-state index in [4.69, 9.17) is 23.2 Å². The van der Waals surface area contributed by atoms with E-state index in [0.717, 1.165) is 10.9 Å². The van der Waals surface area contributed by atoms with Crippen molar-refractivity contribution in [2.75, 3.05) is 0 Å². The number of imidazole rings is 1. The molecule has 0 unspecified atom stereocenters. The first-order valence-electron chi connectivity index (χ1n) is 4.91. The van der Waals surface area contributed by atoms with Crippen LogP contribution in [-0.4, -0.2) is 15.7 Å². The zero-order valence-corrected chi connectivity index (χ0v) is 10.0. The summed E-state index contributed by atoms with van der Waals surface area (Å²) in [6, 6.07) is 7.15. The first-order chi connectivity index (χ1) is 8.19. The molecule has 84 valence electrons. The molecule has 3 aromatic rings. The first kappa shape index (κ1) is 10.6. The molecular weight excluding hydrogens is 259 g/mol. The van der Waals surface area contributed by atoms with Gasteiger partial charge in [0.1, 0.15) is 11.3 Å². The van der Waals surface area contributed by atoms with Crippen LogP contribution < -0.4 is 0 Å². The van der Waals surface area contributed by atoms with Crippen LogP contribution in [0.5, 0.6) is 0 Å². The summed E-state index contributed by atoms with van der Waals surface area (Å²) in [4.78, 5) is 14.9. The van der Waals surface area contributed by atoms with Crippen molar-refractivity contribution >= 4 is 46.0 Å². The molecule has 17 heavy (non-hydrogen) atoms. The molecule has 0 saturated heterocycles. The summed E-state index contributed by atoms with van der Waals surface area (Å²) in [5.41, 5.74) is 1.83. The molecule has 0 atom stereocenters. The van der Waals surface area contributed by atoms with E-state index in [2.05, 4.69) is 4.98 Å². The van der Waals surface area contributed by atoms with Gasteiger partial charge in [0.25, 0.3) is 0 Å². The fourth-order valence-electron chi connectivity index (χ4n) is 1.86. The van der Waals surface area contributed by atoms with Crippen molar-refractivity contribution in [3.05, 3.63) is 46.2 Å². The molecule has 3 nitrogen and oxygen atoms in total. The van der Waals surface area contributed by atoms with E-state index in [1.54, 1.807) is 28.8 Å². The lowest BCUT2D eigenvalue weighted by Gasteiger charge is -2.04. The first-order valence-corrected chi connectivity index (χ1v) is 5.66. The quantitative estimate of drug-likeness (QED) is 0.630. The van der Waals surface area contributed by atoms with Gasteiger partial charge in [0.05, 0.1) is 10.5 Å². The molecule has 0 N–H and O–H groups in total. The van der Waals surface area contributed by atoms with Crippen molar-refractivity contribution in [1.29, 1.82) is 0 Å². The number of carbonyl (C=O) groups is 1. The zero-order chi connectivity index (χ0) is 12.0. The molecule has 2 heterocycles. The molecule has 0 saturated carbocycles. The predicted octanol–water partition coefficient (Wildman–Crippen LogP) is 3.61. The smallest absolute Gasteiger partial charge is 0.170 e. The van der Waals surface area contributed by atoms with Crippen molar-refractivity contribution in [1.82, 2.24) is 9.38 Å². The Bertz CT molecular complexity index is 749. The van der Waals surface area contributed by atoms with Crippen LogP contribution in [0.3, 0.4) is 0 Å². The van der Waals surface area contributed by atoms with E-state index in [1.807, 2.05) is 6.07 Å². The van der Waals surface area contributed by atoms with Crippen molar-refractivity contribution in [3.8, 4) is 0 Å². The Hall–Kier alpha value is -1.58. The second-order valence-corrected chi connectivity index (χ2v) is 4.51. The Morgan fingerprint density at radius 2 is 2.06 bits per heavy atom. The Morgan fingerprint density at radius 3 is 2.82 bits per heavy atom. The van der Waals surface area contributed by atoms with Crippen molar-refractivity contribution in [3.63, 3.8) is 0 Å². The summed E-state index contributed by atoms with van der Waals surface area (Å²) in [6.07, 6.45) is 2.37. The van der Waals surface area contributed by atoms with Crippen LogP contribution >= 0.6 is 23.2 Å². The number of aromatic nitrogens is 2. The lowest BCUT2D eigenvalue weighted by Crippen LogP contribution is -1.87. The van der Waals surface area contributed by atoms with Crippen molar-refractivity contribution in [2.24, 2.45) is 0 Å². The predicted molar refractivity (Wildman–Crippen MR) is 68.1 cm³/mol. The van der Waals surface area contributed by atoms with Gasteiger partial charge in [-0.25, -0.2) is 4.98 Å². The third-order valence-electron chi connectivity index (χ3n) is 2.61. The van der Waals surface area contributed by atoms with Gasteiger partial charge in [-0.1, -0.05) is 23.2 Å². The number of benzene rings is 1. The molecule has 0 aliphatic heterocycles. The maximum Gasteiger partial charge on any atom is 0.170 e. The van der Waals surface area contributed by atoms with Crippen molar-refractivity contribution < 1.29 is 4.79 Å². The lowest BCUT2D eigenvalue weighted by atomic mass is 10.2. The van der Waals surface area contributed by atoms with E-state index >= 15 is 0 Å². The summed E-state index contributed by atoms with van der Waals surface area (Å²) in [6.45, 7) is 0. The van der Waals surface area contributed by atoms with Crippen LogP contribution in [0.1, 0.15) is 10.5 Å². The summed E-state index contributed by atoms with van der Waals surface area (Å²) in [5.74, 6) is 0. The highest BCUT2D eigenvalue weighted by Gasteiger charge is 2.08. The van der Waals surface area contributed by atoms with E-state index in [9.17, 15) is 4.79 Å². The molecule has 0 amide bonds. The highest BCUT2D eigenvalue weighted by molar-refractivity contribution is 6.36. The maximum atomic E-state index is 10.7. The molecule has 1 aromatic carbocycles. The number of hydrogen-bond acceptors (Lipinski definition) is 2. The third kappa shape index (κ3) is 1.59. The molecule has 5 heteroatoms. The minimum absolute atomic E-state index is 0.369. The molecule has 0 aliphatic rings. The van der Waals surface area contributed by atoms with Gasteiger partial charge in [-0.3, -0.25) is 9.20 Å². The molecule has 2 aromatic heterocycles. The van der Waals surface area contributed by atoms with Gasteiger partial charge >= 0.3 is 0 Å². The molecule has 0 radical (unpaired) electrons. The van der Waals surface area contributed by atoms with Crippen LogP contribution in [-0.2, 0) is 0 Å². The SMILES string of the molecule is O=Cc1cn2c(cc(Cl)c3ccc(Cl)cc32)n1. The lowest BCUT2D eigenvalue weighted by molar-refractivity contribution is 0.111. The average molecular weight is 265 g/mol. The van der Waals surface area contributed by atoms with Crippen molar-refractivity contribution in [2.45, 2.75) is 0 Å². The average Bonchev–Trinajstić information content (AvgIpc) is 2.72. The Morgan fingerprint density at radius 1 is 1.24 bits per heavy atom. The van der Waals surface area contributed by atoms with E-state index < -0.39 is 0 Å². The highest BCUT2D eigenvalue weighted by Crippen LogP contribution is 2.28. The molecular formula is C12H6Cl2N2O. The number of hydrogen-bond donors (Lipinski definition) is 0. The zero-order valence-electron chi connectivity index (χ0n) is 8.52. The summed E-state index contributed by atoms with van der Waals surface area (Å²) in [5, 5.41) is 2.08. The number of rotatable bonds is 1. The highest BCUT2D eigenvalue weighted by atomic mass is 35.5. The number of fused-ring (bicyclic) bond motifs is 3. The molecule has 0 fully saturated rings. The van der Waals surface area contributed by atoms with Gasteiger partial charge in [0.15, 0.2) is 6.29 Å². The topological polar surface area (TPSA) is 34.4 Å². The van der Waals surface area contributed by atoms with E-state index in [-0.39, 0.29) is 0 Å². The normalized spacial score (nSPS) is 11.2. The standard InChI is InChI=1S/C12H6Cl2N2O/c13-7-1-2-9-10(14)4-12-15-8(6-17)5-16(12)11(9)3-7/h1-6H. The van der Waals surface area contributed by atoms with Gasteiger partial charge in [-0.05, 0) is 18.2 Å². The monoisotopic (exact) mass is 264 g/mol.